The van der Waals surface area contributed by atoms with Crippen molar-refractivity contribution in [3.05, 3.63) is 77.6 Å². The van der Waals surface area contributed by atoms with E-state index in [1.807, 2.05) is 18.2 Å². The van der Waals surface area contributed by atoms with Crippen molar-refractivity contribution in [3.63, 3.8) is 0 Å². The standard InChI is InChI=1S/C23H20ClN3O4/c1-30-17-10-11-18(20(13-17)31-2)27-21(28)14-26-12-4-3-5-19(26)22(27)23(29)25-16-8-6-15(24)7-9-16/h3-13,22H,14H2,1-2H3/p+1/t22-/m0/s1. The number of carbonyl (C=O) groups excluding carboxylic acids is 2. The number of fused-ring (bicyclic) bond motifs is 1. The van der Waals surface area contributed by atoms with Crippen LogP contribution < -0.4 is 24.3 Å². The maximum Gasteiger partial charge on any atom is 0.294 e. The molecule has 2 heterocycles. The van der Waals surface area contributed by atoms with Crippen LogP contribution in [0.4, 0.5) is 11.4 Å². The van der Waals surface area contributed by atoms with Gasteiger partial charge in [-0.3, -0.25) is 14.5 Å². The van der Waals surface area contributed by atoms with Gasteiger partial charge in [0.25, 0.3) is 11.8 Å². The summed E-state index contributed by atoms with van der Waals surface area (Å²) in [6, 6.07) is 16.5. The van der Waals surface area contributed by atoms with Crippen LogP contribution in [-0.2, 0) is 16.1 Å². The summed E-state index contributed by atoms with van der Waals surface area (Å²) in [6.45, 7) is 0.107. The second kappa shape index (κ2) is 8.65. The number of hydrogen-bond acceptors (Lipinski definition) is 4. The molecule has 1 atom stereocenters. The van der Waals surface area contributed by atoms with Gasteiger partial charge >= 0.3 is 0 Å². The van der Waals surface area contributed by atoms with E-state index < -0.39 is 6.04 Å². The van der Waals surface area contributed by atoms with E-state index in [1.165, 1.54) is 12.0 Å². The van der Waals surface area contributed by atoms with E-state index in [9.17, 15) is 9.59 Å². The van der Waals surface area contributed by atoms with Gasteiger partial charge in [0.15, 0.2) is 6.20 Å². The third-order valence-corrected chi connectivity index (χ3v) is 5.35. The number of aromatic nitrogens is 1. The van der Waals surface area contributed by atoms with E-state index in [0.29, 0.717) is 33.6 Å². The van der Waals surface area contributed by atoms with Gasteiger partial charge in [0.1, 0.15) is 11.5 Å². The van der Waals surface area contributed by atoms with E-state index in [0.717, 1.165) is 0 Å². The van der Waals surface area contributed by atoms with Crippen molar-refractivity contribution in [2.75, 3.05) is 24.4 Å². The molecule has 0 aliphatic carbocycles. The predicted octanol–water partition coefficient (Wildman–Crippen LogP) is 3.37. The Labute approximate surface area is 184 Å². The van der Waals surface area contributed by atoms with Crippen LogP contribution in [0.5, 0.6) is 11.5 Å². The maximum absolute atomic E-state index is 13.5. The van der Waals surface area contributed by atoms with Gasteiger partial charge in [-0.15, -0.1) is 0 Å². The van der Waals surface area contributed by atoms with Crippen molar-refractivity contribution in [2.45, 2.75) is 12.6 Å². The third kappa shape index (κ3) is 4.04. The zero-order valence-corrected chi connectivity index (χ0v) is 17.8. The van der Waals surface area contributed by atoms with Crippen molar-refractivity contribution in [3.8, 4) is 11.5 Å². The molecule has 7 nitrogen and oxygen atoms in total. The van der Waals surface area contributed by atoms with E-state index in [-0.39, 0.29) is 18.4 Å². The van der Waals surface area contributed by atoms with Gasteiger partial charge in [-0.2, -0.15) is 4.57 Å². The number of pyridine rings is 1. The fourth-order valence-corrected chi connectivity index (χ4v) is 3.76. The lowest BCUT2D eigenvalue weighted by molar-refractivity contribution is -0.695. The topological polar surface area (TPSA) is 71.8 Å². The minimum Gasteiger partial charge on any atom is -0.497 e. The van der Waals surface area contributed by atoms with Crippen molar-refractivity contribution >= 4 is 34.8 Å². The van der Waals surface area contributed by atoms with Gasteiger partial charge in [0.05, 0.1) is 19.9 Å². The molecule has 0 unspecified atom stereocenters. The van der Waals surface area contributed by atoms with Crippen LogP contribution in [0, 0.1) is 0 Å². The molecule has 8 heteroatoms. The van der Waals surface area contributed by atoms with E-state index >= 15 is 0 Å². The smallest absolute Gasteiger partial charge is 0.294 e. The van der Waals surface area contributed by atoms with Crippen LogP contribution in [0.25, 0.3) is 0 Å². The molecule has 0 radical (unpaired) electrons. The molecule has 31 heavy (non-hydrogen) atoms. The average molecular weight is 439 g/mol. The van der Waals surface area contributed by atoms with Gasteiger partial charge in [0.2, 0.25) is 18.3 Å². The lowest BCUT2D eigenvalue weighted by Gasteiger charge is -2.33. The molecule has 4 rings (SSSR count). The molecular weight excluding hydrogens is 418 g/mol. The molecule has 1 aliphatic rings. The number of nitrogens with one attached hydrogen (secondary N) is 1. The minimum absolute atomic E-state index is 0.107. The molecule has 0 saturated carbocycles. The van der Waals surface area contributed by atoms with Gasteiger partial charge in [0, 0.05) is 28.9 Å². The number of carbonyl (C=O) groups is 2. The van der Waals surface area contributed by atoms with Gasteiger partial charge in [-0.25, -0.2) is 0 Å². The van der Waals surface area contributed by atoms with Crippen LogP contribution in [0.3, 0.4) is 0 Å². The van der Waals surface area contributed by atoms with Crippen LogP contribution in [0.2, 0.25) is 5.02 Å². The molecule has 0 bridgehead atoms. The van der Waals surface area contributed by atoms with Gasteiger partial charge in [-0.1, -0.05) is 17.7 Å². The molecule has 1 aliphatic heterocycles. The SMILES string of the molecule is COc1ccc(N2C(=O)C[n+]3ccccc3[C@H]2C(=O)Nc2ccc(Cl)cc2)c(OC)c1. The highest BCUT2D eigenvalue weighted by molar-refractivity contribution is 6.30. The van der Waals surface area contributed by atoms with Crippen molar-refractivity contribution < 1.29 is 23.6 Å². The molecule has 2 aromatic carbocycles. The molecule has 158 valence electrons. The van der Waals surface area contributed by atoms with Crippen LogP contribution in [0.1, 0.15) is 11.7 Å². The Bertz CT molecular complexity index is 1130. The fraction of sp³-hybridized carbons (Fsp3) is 0.174. The van der Waals surface area contributed by atoms with Gasteiger partial charge in [-0.05, 0) is 36.4 Å². The predicted molar refractivity (Wildman–Crippen MR) is 116 cm³/mol. The first-order valence-corrected chi connectivity index (χ1v) is 9.98. The number of nitrogens with zero attached hydrogens (tertiary/aromatic N) is 2. The molecular formula is C23H21ClN3O4+. The highest BCUT2D eigenvalue weighted by Gasteiger charge is 2.44. The summed E-state index contributed by atoms with van der Waals surface area (Å²) in [6.07, 6.45) is 1.79. The molecule has 2 amide bonds. The first kappa shape index (κ1) is 20.7. The summed E-state index contributed by atoms with van der Waals surface area (Å²) in [7, 11) is 3.06. The molecule has 0 fully saturated rings. The first-order chi connectivity index (χ1) is 15.0. The van der Waals surface area contributed by atoms with Crippen molar-refractivity contribution in [2.24, 2.45) is 0 Å². The van der Waals surface area contributed by atoms with Crippen LogP contribution in [0.15, 0.2) is 66.9 Å². The van der Waals surface area contributed by atoms with Crippen LogP contribution in [-0.4, -0.2) is 26.0 Å². The Kier molecular flexibility index (Phi) is 5.77. The Morgan fingerprint density at radius 2 is 1.87 bits per heavy atom. The second-order valence-corrected chi connectivity index (χ2v) is 7.39. The number of halogens is 1. The summed E-state index contributed by atoms with van der Waals surface area (Å²) < 4.78 is 12.6. The molecule has 1 aromatic heterocycles. The number of rotatable bonds is 5. The number of methoxy groups -OCH3 is 2. The number of benzene rings is 2. The molecule has 1 N–H and O–H groups in total. The average Bonchev–Trinajstić information content (AvgIpc) is 2.79. The highest BCUT2D eigenvalue weighted by atomic mass is 35.5. The highest BCUT2D eigenvalue weighted by Crippen LogP contribution is 2.38. The summed E-state index contributed by atoms with van der Waals surface area (Å²) in [5.74, 6) is 0.431. The van der Waals surface area contributed by atoms with Crippen LogP contribution >= 0.6 is 11.6 Å². The summed E-state index contributed by atoms with van der Waals surface area (Å²) in [5.41, 5.74) is 1.75. The van der Waals surface area contributed by atoms with Gasteiger partial charge < -0.3 is 14.8 Å². The Morgan fingerprint density at radius 3 is 2.58 bits per heavy atom. The fourth-order valence-electron chi connectivity index (χ4n) is 3.63. The Hall–Kier alpha value is -3.58. The molecule has 0 spiro atoms. The Balaban J connectivity index is 1.80. The van der Waals surface area contributed by atoms with E-state index in [4.69, 9.17) is 21.1 Å². The quantitative estimate of drug-likeness (QED) is 0.620. The summed E-state index contributed by atoms with van der Waals surface area (Å²) in [5, 5.41) is 3.46. The largest absolute Gasteiger partial charge is 0.497 e. The lowest BCUT2D eigenvalue weighted by Crippen LogP contribution is -2.58. The second-order valence-electron chi connectivity index (χ2n) is 6.95. The Morgan fingerprint density at radius 1 is 1.10 bits per heavy atom. The maximum atomic E-state index is 13.5. The minimum atomic E-state index is -0.902. The monoisotopic (exact) mass is 438 g/mol. The van der Waals surface area contributed by atoms with Crippen molar-refractivity contribution in [1.82, 2.24) is 0 Å². The summed E-state index contributed by atoms with van der Waals surface area (Å²) in [4.78, 5) is 28.1. The zero-order chi connectivity index (χ0) is 22.0. The van der Waals surface area contributed by atoms with E-state index in [2.05, 4.69) is 5.32 Å². The van der Waals surface area contributed by atoms with E-state index in [1.54, 1.807) is 60.3 Å². The number of ether oxygens (including phenoxy) is 2. The normalized spacial score (nSPS) is 15.3. The lowest BCUT2D eigenvalue weighted by atomic mass is 10.0. The number of hydrogen-bond donors (Lipinski definition) is 1. The molecule has 0 saturated heterocycles. The summed E-state index contributed by atoms with van der Waals surface area (Å²) >= 11 is 5.95. The molecule has 3 aromatic rings. The first-order valence-electron chi connectivity index (χ1n) is 9.60. The zero-order valence-electron chi connectivity index (χ0n) is 17.0. The van der Waals surface area contributed by atoms with Crippen molar-refractivity contribution in [1.29, 1.82) is 0 Å². The number of amides is 2. The third-order valence-electron chi connectivity index (χ3n) is 5.09. The number of anilines is 2.